The van der Waals surface area contributed by atoms with Gasteiger partial charge in [-0.15, -0.1) is 11.3 Å². The molecule has 7 rings (SSSR count). The van der Waals surface area contributed by atoms with Crippen LogP contribution in [-0.4, -0.2) is 67.2 Å². The lowest BCUT2D eigenvalue weighted by Crippen LogP contribution is -2.46. The van der Waals surface area contributed by atoms with Gasteiger partial charge in [0.15, 0.2) is 5.79 Å². The Morgan fingerprint density at radius 2 is 1.91 bits per heavy atom. The van der Waals surface area contributed by atoms with E-state index in [0.29, 0.717) is 24.6 Å². The Bertz CT molecular complexity index is 1750. The third-order valence-electron chi connectivity index (χ3n) is 9.23. The number of aromatic nitrogens is 4. The molecule has 1 amide bonds. The summed E-state index contributed by atoms with van der Waals surface area (Å²) in [6.45, 7) is 11.0. The van der Waals surface area contributed by atoms with Crippen LogP contribution in [0.1, 0.15) is 71.2 Å². The van der Waals surface area contributed by atoms with Gasteiger partial charge in [0, 0.05) is 36.7 Å². The second-order valence-corrected chi connectivity index (χ2v) is 15.4. The molecule has 1 aromatic carbocycles. The third kappa shape index (κ3) is 6.10. The van der Waals surface area contributed by atoms with E-state index in [-0.39, 0.29) is 41.5 Å². The summed E-state index contributed by atoms with van der Waals surface area (Å²) in [5.74, 6) is -0.0284. The molecule has 5 atom stereocenters. The molecular formula is C34H41ClN6O4S. The van der Waals surface area contributed by atoms with E-state index in [1.165, 1.54) is 5.56 Å². The first-order chi connectivity index (χ1) is 21.8. The minimum absolute atomic E-state index is 0.0927. The molecule has 46 heavy (non-hydrogen) atoms. The molecule has 12 heteroatoms. The number of amides is 1. The van der Waals surface area contributed by atoms with Gasteiger partial charge in [0.25, 0.3) is 0 Å². The van der Waals surface area contributed by atoms with Crippen molar-refractivity contribution < 1.29 is 19.0 Å². The van der Waals surface area contributed by atoms with Crippen molar-refractivity contribution in [2.75, 3.05) is 18.8 Å². The van der Waals surface area contributed by atoms with Gasteiger partial charge in [-0.25, -0.2) is 14.8 Å². The lowest BCUT2D eigenvalue weighted by molar-refractivity contribution is -0.163. The third-order valence-corrected chi connectivity index (χ3v) is 10.3. The van der Waals surface area contributed by atoms with E-state index >= 15 is 0 Å². The fourth-order valence-corrected chi connectivity index (χ4v) is 8.46. The van der Waals surface area contributed by atoms with E-state index in [1.807, 2.05) is 57.7 Å². The quantitative estimate of drug-likeness (QED) is 0.224. The number of ether oxygens (including phenoxy) is 3. The maximum Gasteiger partial charge on any atom is 0.410 e. The fraction of sp³-hybridized carbons (Fsp3) is 0.529. The van der Waals surface area contributed by atoms with E-state index in [9.17, 15) is 4.79 Å². The zero-order chi connectivity index (χ0) is 32.4. The normalized spacial score (nSPS) is 26.0. The SMILES string of the molecule is CC(C)(C)OC(=O)N1CCC[C@@H]([C@H]2C[C@@H](n3cc(-c4nc(Cc5ccccc5)cs4)c4c(N)nc(Cl)nc43)[C@@H]3OC(C)(C)O[C@H]23)C1. The predicted octanol–water partition coefficient (Wildman–Crippen LogP) is 7.11. The number of piperidine rings is 1. The molecule has 3 aliphatic rings. The maximum atomic E-state index is 13.0. The van der Waals surface area contributed by atoms with E-state index in [0.717, 1.165) is 47.3 Å². The van der Waals surface area contributed by atoms with Crippen molar-refractivity contribution in [2.45, 2.75) is 89.9 Å². The summed E-state index contributed by atoms with van der Waals surface area (Å²) in [6.07, 6.45) is 4.92. The highest BCUT2D eigenvalue weighted by Gasteiger charge is 2.57. The molecule has 0 unspecified atom stereocenters. The van der Waals surface area contributed by atoms with Crippen molar-refractivity contribution in [1.29, 1.82) is 0 Å². The number of rotatable bonds is 5. The van der Waals surface area contributed by atoms with Crippen molar-refractivity contribution in [3.63, 3.8) is 0 Å². The van der Waals surface area contributed by atoms with Gasteiger partial charge in [-0.1, -0.05) is 30.3 Å². The number of benzene rings is 1. The molecule has 1 saturated carbocycles. The number of thiazole rings is 1. The van der Waals surface area contributed by atoms with Crippen LogP contribution < -0.4 is 5.73 Å². The van der Waals surface area contributed by atoms with Crippen molar-refractivity contribution >= 4 is 45.9 Å². The number of carbonyl (C=O) groups is 1. The van der Waals surface area contributed by atoms with E-state index in [2.05, 4.69) is 33.3 Å². The Balaban J connectivity index is 1.23. The zero-order valence-corrected chi connectivity index (χ0v) is 28.5. The van der Waals surface area contributed by atoms with Crippen LogP contribution in [0.3, 0.4) is 0 Å². The monoisotopic (exact) mass is 664 g/mol. The van der Waals surface area contributed by atoms with Gasteiger partial charge in [-0.3, -0.25) is 0 Å². The molecule has 0 spiro atoms. The Hall–Kier alpha value is -3.25. The van der Waals surface area contributed by atoms with Crippen LogP contribution in [0.15, 0.2) is 41.9 Å². The number of halogens is 1. The summed E-state index contributed by atoms with van der Waals surface area (Å²) in [5, 5.41) is 3.77. The minimum atomic E-state index is -0.745. The van der Waals surface area contributed by atoms with Gasteiger partial charge < -0.3 is 29.4 Å². The number of nitrogens with zero attached hydrogens (tertiary/aromatic N) is 5. The van der Waals surface area contributed by atoms with Gasteiger partial charge in [0.2, 0.25) is 5.28 Å². The molecule has 5 heterocycles. The minimum Gasteiger partial charge on any atom is -0.444 e. The van der Waals surface area contributed by atoms with Crippen molar-refractivity contribution in [2.24, 2.45) is 11.8 Å². The van der Waals surface area contributed by atoms with Gasteiger partial charge in [0.05, 0.1) is 23.2 Å². The predicted molar refractivity (Wildman–Crippen MR) is 179 cm³/mol. The average molecular weight is 665 g/mol. The van der Waals surface area contributed by atoms with Crippen LogP contribution in [0.2, 0.25) is 5.28 Å². The molecule has 0 bridgehead atoms. The smallest absolute Gasteiger partial charge is 0.410 e. The van der Waals surface area contributed by atoms with Gasteiger partial charge in [0.1, 0.15) is 28.2 Å². The van der Waals surface area contributed by atoms with Crippen LogP contribution >= 0.6 is 22.9 Å². The van der Waals surface area contributed by atoms with Gasteiger partial charge in [-0.05, 0) is 82.9 Å². The Morgan fingerprint density at radius 3 is 2.67 bits per heavy atom. The number of anilines is 1. The molecular weight excluding hydrogens is 624 g/mol. The molecule has 3 fully saturated rings. The molecule has 244 valence electrons. The lowest BCUT2D eigenvalue weighted by atomic mass is 9.83. The average Bonchev–Trinajstić information content (AvgIpc) is 3.74. The molecule has 10 nitrogen and oxygen atoms in total. The summed E-state index contributed by atoms with van der Waals surface area (Å²) < 4.78 is 21.1. The fourth-order valence-electron chi connectivity index (χ4n) is 7.46. The first-order valence-electron chi connectivity index (χ1n) is 16.0. The molecule has 2 saturated heterocycles. The number of hydrogen-bond donors (Lipinski definition) is 1. The van der Waals surface area contributed by atoms with Crippen molar-refractivity contribution in [3.05, 3.63) is 58.4 Å². The van der Waals surface area contributed by atoms with Crippen LogP contribution in [0.5, 0.6) is 0 Å². The summed E-state index contributed by atoms with van der Waals surface area (Å²) >= 11 is 8.00. The van der Waals surface area contributed by atoms with Crippen LogP contribution in [0, 0.1) is 11.8 Å². The van der Waals surface area contributed by atoms with E-state index < -0.39 is 11.4 Å². The number of nitrogen functional groups attached to an aromatic ring is 1. The summed E-state index contributed by atoms with van der Waals surface area (Å²) in [6, 6.07) is 10.2. The highest BCUT2D eigenvalue weighted by molar-refractivity contribution is 7.13. The number of fused-ring (bicyclic) bond motifs is 2. The second kappa shape index (κ2) is 11.8. The number of hydrogen-bond acceptors (Lipinski definition) is 9. The van der Waals surface area contributed by atoms with Crippen molar-refractivity contribution in [1.82, 2.24) is 24.4 Å². The first-order valence-corrected chi connectivity index (χ1v) is 17.3. The molecule has 2 aliphatic heterocycles. The topological polar surface area (TPSA) is 118 Å². The standard InChI is InChI=1S/C34H41ClN6O4S/c1-33(2,3)45-32(42)40-13-9-12-20(16-40)22-15-24(27-26(22)43-34(4,5)44-27)41-17-23(25-28(36)38-31(35)39-29(25)41)30-37-21(18-46-30)14-19-10-7-6-8-11-19/h6-8,10-11,17-18,20,22,24,26-27H,9,12-16H2,1-5H3,(H2,36,38,39)/t20-,22-,24-,26-,27+/m1/s1. The van der Waals surface area contributed by atoms with E-state index in [1.54, 1.807) is 11.3 Å². The molecule has 4 aromatic rings. The van der Waals surface area contributed by atoms with E-state index in [4.69, 9.17) is 41.5 Å². The molecule has 1 aliphatic carbocycles. The van der Waals surface area contributed by atoms with Crippen LogP contribution in [0.4, 0.5) is 10.6 Å². The summed E-state index contributed by atoms with van der Waals surface area (Å²) in [7, 11) is 0. The largest absolute Gasteiger partial charge is 0.444 e. The zero-order valence-electron chi connectivity index (χ0n) is 26.9. The first kappa shape index (κ1) is 31.4. The maximum absolute atomic E-state index is 13.0. The Kier molecular flexibility index (Phi) is 8.02. The Morgan fingerprint density at radius 1 is 1.15 bits per heavy atom. The summed E-state index contributed by atoms with van der Waals surface area (Å²) in [4.78, 5) is 28.9. The molecule has 2 N–H and O–H groups in total. The number of carbonyl (C=O) groups excluding carboxylic acids is 1. The lowest BCUT2D eigenvalue weighted by Gasteiger charge is -2.38. The van der Waals surface area contributed by atoms with Crippen LogP contribution in [-0.2, 0) is 20.6 Å². The highest BCUT2D eigenvalue weighted by Crippen LogP contribution is 2.52. The van der Waals surface area contributed by atoms with Gasteiger partial charge in [-0.2, -0.15) is 4.98 Å². The molecule has 3 aromatic heterocycles. The van der Waals surface area contributed by atoms with Crippen LogP contribution in [0.25, 0.3) is 21.6 Å². The second-order valence-electron chi connectivity index (χ2n) is 14.2. The number of likely N-dealkylation sites (tertiary alicyclic amines) is 1. The number of nitrogens with two attached hydrogens (primary N) is 1. The van der Waals surface area contributed by atoms with Gasteiger partial charge >= 0.3 is 6.09 Å². The highest BCUT2D eigenvalue weighted by atomic mass is 35.5. The summed E-state index contributed by atoms with van der Waals surface area (Å²) in [5.41, 5.74) is 9.72. The molecule has 0 radical (unpaired) electrons. The Labute approximate surface area is 278 Å². The van der Waals surface area contributed by atoms with Crippen molar-refractivity contribution in [3.8, 4) is 10.6 Å².